The Balaban J connectivity index is 2.42. The minimum absolute atomic E-state index is 0.151. The van der Waals surface area contributed by atoms with Crippen LogP contribution < -0.4 is 5.32 Å². The van der Waals surface area contributed by atoms with Gasteiger partial charge < -0.3 is 10.2 Å². The molecule has 2 unspecified atom stereocenters. The second-order valence-corrected chi connectivity index (χ2v) is 5.75. The normalized spacial score (nSPS) is 14.4. The molecule has 0 radical (unpaired) electrons. The highest BCUT2D eigenvalue weighted by Crippen LogP contribution is 2.19. The van der Waals surface area contributed by atoms with Gasteiger partial charge in [-0.15, -0.1) is 0 Å². The summed E-state index contributed by atoms with van der Waals surface area (Å²) < 4.78 is 13.3. The van der Waals surface area contributed by atoms with Crippen LogP contribution in [0.2, 0.25) is 0 Å². The van der Waals surface area contributed by atoms with Gasteiger partial charge in [0.2, 0.25) is 0 Å². The molecule has 0 heterocycles. The second-order valence-electron chi connectivity index (χ2n) is 5.75. The maximum Gasteiger partial charge on any atom is 0.123 e. The van der Waals surface area contributed by atoms with Crippen molar-refractivity contribution in [1.29, 1.82) is 0 Å². The maximum absolute atomic E-state index is 13.3. The summed E-state index contributed by atoms with van der Waals surface area (Å²) in [5, 5.41) is 3.63. The fraction of sp³-hybridized carbons (Fsp3) is 0.667. The Bertz CT molecular complexity index is 391. The van der Waals surface area contributed by atoms with Crippen molar-refractivity contribution in [2.24, 2.45) is 0 Å². The van der Waals surface area contributed by atoms with Gasteiger partial charge in [0, 0.05) is 12.1 Å². The van der Waals surface area contributed by atoms with Crippen molar-refractivity contribution in [2.45, 2.75) is 59.0 Å². The quantitative estimate of drug-likeness (QED) is 0.689. The number of hydrogen-bond donors (Lipinski definition) is 1. The van der Waals surface area contributed by atoms with Crippen molar-refractivity contribution in [3.05, 3.63) is 35.6 Å². The van der Waals surface area contributed by atoms with E-state index in [0.29, 0.717) is 6.04 Å². The average Bonchev–Trinajstić information content (AvgIpc) is 2.49. The Kier molecular flexibility index (Phi) is 8.55. The first-order chi connectivity index (χ1) is 10.1. The second kappa shape index (κ2) is 9.91. The third kappa shape index (κ3) is 6.58. The van der Waals surface area contributed by atoms with E-state index in [-0.39, 0.29) is 11.9 Å². The lowest BCUT2D eigenvalue weighted by Gasteiger charge is -2.24. The molecule has 0 aliphatic carbocycles. The SMILES string of the molecule is CCC(NC(C)CCCN(CC)CC)c1cccc(F)c1. The van der Waals surface area contributed by atoms with Crippen LogP contribution in [0.25, 0.3) is 0 Å². The lowest BCUT2D eigenvalue weighted by Crippen LogP contribution is -2.32. The average molecular weight is 294 g/mol. The predicted octanol–water partition coefficient (Wildman–Crippen LogP) is 4.38. The van der Waals surface area contributed by atoms with E-state index < -0.39 is 0 Å². The van der Waals surface area contributed by atoms with Crippen molar-refractivity contribution < 1.29 is 4.39 Å². The minimum atomic E-state index is -0.151. The third-order valence-electron chi connectivity index (χ3n) is 4.15. The van der Waals surface area contributed by atoms with Crippen molar-refractivity contribution in [3.8, 4) is 0 Å². The molecular formula is C18H31FN2. The first-order valence-corrected chi connectivity index (χ1v) is 8.34. The Hall–Kier alpha value is -0.930. The first kappa shape index (κ1) is 18.1. The lowest BCUT2D eigenvalue weighted by atomic mass is 10.0. The van der Waals surface area contributed by atoms with Gasteiger partial charge in [0.15, 0.2) is 0 Å². The lowest BCUT2D eigenvalue weighted by molar-refractivity contribution is 0.287. The zero-order valence-corrected chi connectivity index (χ0v) is 14.0. The zero-order valence-electron chi connectivity index (χ0n) is 14.0. The van der Waals surface area contributed by atoms with Crippen LogP contribution in [0, 0.1) is 5.82 Å². The zero-order chi connectivity index (χ0) is 15.7. The van der Waals surface area contributed by atoms with Crippen LogP contribution in [0.15, 0.2) is 24.3 Å². The molecule has 1 rings (SSSR count). The van der Waals surface area contributed by atoms with Gasteiger partial charge in [-0.2, -0.15) is 0 Å². The van der Waals surface area contributed by atoms with Gasteiger partial charge in [0.25, 0.3) is 0 Å². The van der Waals surface area contributed by atoms with E-state index in [1.165, 1.54) is 12.5 Å². The largest absolute Gasteiger partial charge is 0.307 e. The predicted molar refractivity (Wildman–Crippen MR) is 89.1 cm³/mol. The summed E-state index contributed by atoms with van der Waals surface area (Å²) in [5.74, 6) is -0.151. The maximum atomic E-state index is 13.3. The van der Waals surface area contributed by atoms with Gasteiger partial charge in [-0.05, 0) is 63.5 Å². The molecule has 2 nitrogen and oxygen atoms in total. The molecule has 0 amide bonds. The molecule has 3 heteroatoms. The molecule has 0 aromatic heterocycles. The highest BCUT2D eigenvalue weighted by molar-refractivity contribution is 5.20. The summed E-state index contributed by atoms with van der Waals surface area (Å²) in [5.41, 5.74) is 1.05. The van der Waals surface area contributed by atoms with Gasteiger partial charge >= 0.3 is 0 Å². The van der Waals surface area contributed by atoms with E-state index in [9.17, 15) is 4.39 Å². The molecule has 0 saturated carbocycles. The van der Waals surface area contributed by atoms with Gasteiger partial charge in [-0.3, -0.25) is 0 Å². The van der Waals surface area contributed by atoms with Crippen LogP contribution in [-0.4, -0.2) is 30.6 Å². The topological polar surface area (TPSA) is 15.3 Å². The summed E-state index contributed by atoms with van der Waals surface area (Å²) in [6.07, 6.45) is 3.33. The van der Waals surface area contributed by atoms with E-state index in [2.05, 4.69) is 37.9 Å². The highest BCUT2D eigenvalue weighted by Gasteiger charge is 2.13. The fourth-order valence-electron chi connectivity index (χ4n) is 2.76. The first-order valence-electron chi connectivity index (χ1n) is 8.34. The van der Waals surface area contributed by atoms with E-state index in [0.717, 1.165) is 38.0 Å². The van der Waals surface area contributed by atoms with Crippen molar-refractivity contribution >= 4 is 0 Å². The van der Waals surface area contributed by atoms with Crippen LogP contribution in [0.1, 0.15) is 58.6 Å². The molecule has 0 aliphatic rings. The number of rotatable bonds is 10. The van der Waals surface area contributed by atoms with Crippen LogP contribution in [0.5, 0.6) is 0 Å². The molecule has 1 N–H and O–H groups in total. The van der Waals surface area contributed by atoms with Gasteiger partial charge in [-0.1, -0.05) is 32.9 Å². The fourth-order valence-corrected chi connectivity index (χ4v) is 2.76. The van der Waals surface area contributed by atoms with Crippen LogP contribution in [0.4, 0.5) is 4.39 Å². The Morgan fingerprint density at radius 2 is 1.90 bits per heavy atom. The number of nitrogens with zero attached hydrogens (tertiary/aromatic N) is 1. The molecule has 0 fully saturated rings. The van der Waals surface area contributed by atoms with Gasteiger partial charge in [0.05, 0.1) is 0 Å². The van der Waals surface area contributed by atoms with Crippen molar-refractivity contribution in [2.75, 3.05) is 19.6 Å². The summed E-state index contributed by atoms with van der Waals surface area (Å²) in [6, 6.07) is 7.64. The van der Waals surface area contributed by atoms with E-state index in [1.54, 1.807) is 12.1 Å². The molecule has 21 heavy (non-hydrogen) atoms. The summed E-state index contributed by atoms with van der Waals surface area (Å²) in [4.78, 5) is 2.45. The summed E-state index contributed by atoms with van der Waals surface area (Å²) in [6.45, 7) is 12.2. The third-order valence-corrected chi connectivity index (χ3v) is 4.15. The van der Waals surface area contributed by atoms with E-state index in [4.69, 9.17) is 0 Å². The highest BCUT2D eigenvalue weighted by atomic mass is 19.1. The standard InChI is InChI=1S/C18H31FN2/c1-5-18(16-11-8-12-17(19)14-16)20-15(4)10-9-13-21(6-2)7-3/h8,11-12,14-15,18,20H,5-7,9-10,13H2,1-4H3. The molecule has 0 bridgehead atoms. The van der Waals surface area contributed by atoms with E-state index >= 15 is 0 Å². The van der Waals surface area contributed by atoms with Crippen LogP contribution in [0.3, 0.4) is 0 Å². The summed E-state index contributed by atoms with van der Waals surface area (Å²) in [7, 11) is 0. The number of benzene rings is 1. The van der Waals surface area contributed by atoms with Crippen molar-refractivity contribution in [3.63, 3.8) is 0 Å². The molecule has 0 spiro atoms. The monoisotopic (exact) mass is 294 g/mol. The Morgan fingerprint density at radius 3 is 2.48 bits per heavy atom. The van der Waals surface area contributed by atoms with E-state index in [1.807, 2.05) is 6.07 Å². The minimum Gasteiger partial charge on any atom is -0.307 e. The molecule has 2 atom stereocenters. The Morgan fingerprint density at radius 1 is 1.19 bits per heavy atom. The van der Waals surface area contributed by atoms with Crippen LogP contribution in [-0.2, 0) is 0 Å². The number of hydrogen-bond acceptors (Lipinski definition) is 2. The Labute approximate surface area is 129 Å². The molecule has 1 aromatic carbocycles. The smallest absolute Gasteiger partial charge is 0.123 e. The van der Waals surface area contributed by atoms with Crippen molar-refractivity contribution in [1.82, 2.24) is 10.2 Å². The summed E-state index contributed by atoms with van der Waals surface area (Å²) >= 11 is 0. The van der Waals surface area contributed by atoms with Gasteiger partial charge in [-0.25, -0.2) is 4.39 Å². The molecule has 1 aromatic rings. The number of halogens is 1. The van der Waals surface area contributed by atoms with Gasteiger partial charge in [0.1, 0.15) is 5.82 Å². The molecule has 120 valence electrons. The van der Waals surface area contributed by atoms with Crippen LogP contribution >= 0.6 is 0 Å². The molecule has 0 aliphatic heterocycles. The molecular weight excluding hydrogens is 263 g/mol. The molecule has 0 saturated heterocycles. The number of nitrogens with one attached hydrogen (secondary N) is 1.